The third-order valence-corrected chi connectivity index (χ3v) is 3.80. The summed E-state index contributed by atoms with van der Waals surface area (Å²) in [5, 5.41) is 17.7. The number of carbonyl (C=O) groups is 1. The van der Waals surface area contributed by atoms with Gasteiger partial charge in [0.1, 0.15) is 0 Å². The van der Waals surface area contributed by atoms with E-state index < -0.39 is 5.60 Å². The first kappa shape index (κ1) is 18.7. The second kappa shape index (κ2) is 7.77. The van der Waals surface area contributed by atoms with Crippen molar-refractivity contribution in [1.82, 2.24) is 15.1 Å². The van der Waals surface area contributed by atoms with Gasteiger partial charge in [-0.05, 0) is 38.5 Å². The van der Waals surface area contributed by atoms with Crippen molar-refractivity contribution in [1.29, 1.82) is 0 Å². The van der Waals surface area contributed by atoms with Gasteiger partial charge in [0.15, 0.2) is 0 Å². The fraction of sp³-hybridized carbons (Fsp3) is 0.765. The molecule has 0 bridgehead atoms. The number of aromatic nitrogens is 2. The van der Waals surface area contributed by atoms with Crippen molar-refractivity contribution in [2.45, 2.75) is 72.4 Å². The van der Waals surface area contributed by atoms with Crippen LogP contribution < -0.4 is 5.32 Å². The third-order valence-electron chi connectivity index (χ3n) is 3.80. The number of aryl methyl sites for hydroxylation is 1. The lowest BCUT2D eigenvalue weighted by atomic mass is 9.95. The van der Waals surface area contributed by atoms with Crippen molar-refractivity contribution in [3.63, 3.8) is 0 Å². The summed E-state index contributed by atoms with van der Waals surface area (Å²) in [6.45, 7) is 13.1. The average Bonchev–Trinajstić information content (AvgIpc) is 2.87. The van der Waals surface area contributed by atoms with Crippen LogP contribution in [0.3, 0.4) is 0 Å². The summed E-state index contributed by atoms with van der Waals surface area (Å²) in [6.07, 6.45) is 3.40. The fourth-order valence-corrected chi connectivity index (χ4v) is 2.25. The summed E-state index contributed by atoms with van der Waals surface area (Å²) >= 11 is 0. The molecule has 0 spiro atoms. The van der Waals surface area contributed by atoms with Crippen LogP contribution in [-0.2, 0) is 6.54 Å². The molecule has 1 aromatic rings. The molecule has 1 amide bonds. The van der Waals surface area contributed by atoms with Crippen LogP contribution in [0.4, 0.5) is 0 Å². The highest BCUT2D eigenvalue weighted by Crippen LogP contribution is 2.19. The van der Waals surface area contributed by atoms with Gasteiger partial charge >= 0.3 is 0 Å². The van der Waals surface area contributed by atoms with Gasteiger partial charge < -0.3 is 10.4 Å². The molecule has 5 heteroatoms. The lowest BCUT2D eigenvalue weighted by molar-refractivity contribution is 0.0429. The molecule has 0 aliphatic heterocycles. The predicted molar refractivity (Wildman–Crippen MR) is 89.0 cm³/mol. The van der Waals surface area contributed by atoms with E-state index in [0.29, 0.717) is 17.9 Å². The van der Waals surface area contributed by atoms with Gasteiger partial charge in [0, 0.05) is 19.3 Å². The number of rotatable bonds is 8. The zero-order valence-electron chi connectivity index (χ0n) is 14.8. The van der Waals surface area contributed by atoms with E-state index in [1.165, 1.54) is 0 Å². The normalized spacial score (nSPS) is 14.4. The zero-order valence-corrected chi connectivity index (χ0v) is 14.8. The van der Waals surface area contributed by atoms with Gasteiger partial charge in [-0.25, -0.2) is 0 Å². The van der Waals surface area contributed by atoms with E-state index in [-0.39, 0.29) is 18.4 Å². The maximum atomic E-state index is 12.4. The molecule has 0 saturated carbocycles. The minimum Gasteiger partial charge on any atom is -0.388 e. The van der Waals surface area contributed by atoms with Gasteiger partial charge in [-0.3, -0.25) is 9.48 Å². The monoisotopic (exact) mass is 309 g/mol. The van der Waals surface area contributed by atoms with Gasteiger partial charge in [-0.1, -0.05) is 27.7 Å². The highest BCUT2D eigenvalue weighted by Gasteiger charge is 2.24. The molecule has 0 aromatic carbocycles. The van der Waals surface area contributed by atoms with Gasteiger partial charge in [0.05, 0.1) is 16.9 Å². The summed E-state index contributed by atoms with van der Waals surface area (Å²) < 4.78 is 1.78. The molecule has 5 nitrogen and oxygen atoms in total. The van der Waals surface area contributed by atoms with E-state index in [1.54, 1.807) is 17.8 Å². The van der Waals surface area contributed by atoms with Crippen LogP contribution in [0.1, 0.15) is 76.4 Å². The first-order chi connectivity index (χ1) is 10.2. The minimum absolute atomic E-state index is 0.159. The highest BCUT2D eigenvalue weighted by atomic mass is 16.3. The number of nitrogens with one attached hydrogen (secondary N) is 1. The van der Waals surface area contributed by atoms with E-state index in [2.05, 4.69) is 24.3 Å². The topological polar surface area (TPSA) is 67.2 Å². The Balaban J connectivity index is 2.71. The third kappa shape index (κ3) is 5.44. The smallest absolute Gasteiger partial charge is 0.254 e. The van der Waals surface area contributed by atoms with Crippen molar-refractivity contribution in [3.8, 4) is 0 Å². The second-order valence-corrected chi connectivity index (χ2v) is 7.05. The molecule has 1 heterocycles. The van der Waals surface area contributed by atoms with Crippen LogP contribution in [0.25, 0.3) is 0 Å². The fourth-order valence-electron chi connectivity index (χ4n) is 2.25. The molecule has 0 aliphatic rings. The molecule has 22 heavy (non-hydrogen) atoms. The van der Waals surface area contributed by atoms with Crippen molar-refractivity contribution in [2.24, 2.45) is 5.92 Å². The molecule has 0 fully saturated rings. The Hall–Kier alpha value is -1.36. The van der Waals surface area contributed by atoms with Gasteiger partial charge in [-0.15, -0.1) is 0 Å². The lowest BCUT2D eigenvalue weighted by Crippen LogP contribution is -2.41. The van der Waals surface area contributed by atoms with Gasteiger partial charge in [0.2, 0.25) is 0 Å². The number of nitrogens with zero attached hydrogens (tertiary/aromatic N) is 2. The Morgan fingerprint density at radius 3 is 2.55 bits per heavy atom. The van der Waals surface area contributed by atoms with Crippen molar-refractivity contribution in [2.75, 3.05) is 6.54 Å². The summed E-state index contributed by atoms with van der Waals surface area (Å²) in [5.74, 6) is 0.570. The van der Waals surface area contributed by atoms with E-state index in [0.717, 1.165) is 18.7 Å². The van der Waals surface area contributed by atoms with Crippen molar-refractivity contribution < 1.29 is 9.90 Å². The molecule has 126 valence electrons. The molecular weight excluding hydrogens is 278 g/mol. The highest BCUT2D eigenvalue weighted by molar-refractivity contribution is 5.95. The molecule has 0 aliphatic carbocycles. The van der Waals surface area contributed by atoms with Crippen LogP contribution >= 0.6 is 0 Å². The van der Waals surface area contributed by atoms with E-state index in [4.69, 9.17) is 0 Å². The number of hydrogen-bond donors (Lipinski definition) is 2. The number of carbonyl (C=O) groups excluding carboxylic acids is 1. The van der Waals surface area contributed by atoms with Crippen molar-refractivity contribution in [3.05, 3.63) is 17.5 Å². The first-order valence-corrected chi connectivity index (χ1v) is 8.24. The lowest BCUT2D eigenvalue weighted by Gasteiger charge is -2.24. The Morgan fingerprint density at radius 1 is 1.41 bits per heavy atom. The molecule has 1 atom stereocenters. The first-order valence-electron chi connectivity index (χ1n) is 8.24. The molecule has 0 saturated heterocycles. The maximum absolute atomic E-state index is 12.4. The molecular formula is C17H31N3O2. The van der Waals surface area contributed by atoms with Gasteiger partial charge in [0.25, 0.3) is 5.91 Å². The Kier molecular flexibility index (Phi) is 6.60. The number of hydrogen-bond acceptors (Lipinski definition) is 3. The number of aliphatic hydroxyl groups is 1. The molecule has 1 unspecified atom stereocenters. The quantitative estimate of drug-likeness (QED) is 0.776. The second-order valence-electron chi connectivity index (χ2n) is 7.05. The van der Waals surface area contributed by atoms with E-state index >= 15 is 0 Å². The van der Waals surface area contributed by atoms with Crippen LogP contribution in [0, 0.1) is 5.92 Å². The predicted octanol–water partition coefficient (Wildman–Crippen LogP) is 2.94. The van der Waals surface area contributed by atoms with Crippen LogP contribution in [0.15, 0.2) is 6.20 Å². The molecule has 1 rings (SSSR count). The largest absolute Gasteiger partial charge is 0.388 e. The van der Waals surface area contributed by atoms with Crippen molar-refractivity contribution >= 4 is 5.91 Å². The Morgan fingerprint density at radius 2 is 2.05 bits per heavy atom. The van der Waals surface area contributed by atoms with Crippen LogP contribution in [0.2, 0.25) is 0 Å². The van der Waals surface area contributed by atoms with Crippen LogP contribution in [0.5, 0.6) is 0 Å². The SMILES string of the molecule is CCn1cc(C(=O)NCC(C)(O)CCC(C)C)c(C(C)C)n1. The molecule has 1 aromatic heterocycles. The zero-order chi connectivity index (χ0) is 16.9. The summed E-state index contributed by atoms with van der Waals surface area (Å²) in [6, 6.07) is 0. The summed E-state index contributed by atoms with van der Waals surface area (Å²) in [7, 11) is 0. The maximum Gasteiger partial charge on any atom is 0.254 e. The Bertz CT molecular complexity index is 490. The molecule has 2 N–H and O–H groups in total. The standard InChI is InChI=1S/C17H31N3O2/c1-7-20-10-14(15(19-20)13(4)5)16(21)18-11-17(6,22)9-8-12(2)3/h10,12-13,22H,7-9,11H2,1-6H3,(H,18,21). The van der Waals surface area contributed by atoms with Crippen LogP contribution in [-0.4, -0.2) is 32.9 Å². The molecule has 0 radical (unpaired) electrons. The van der Waals surface area contributed by atoms with Gasteiger partial charge in [-0.2, -0.15) is 5.10 Å². The number of amides is 1. The van der Waals surface area contributed by atoms with E-state index in [9.17, 15) is 9.90 Å². The summed E-state index contributed by atoms with van der Waals surface area (Å²) in [5.41, 5.74) is 0.538. The Labute approximate surface area is 134 Å². The minimum atomic E-state index is -0.876. The summed E-state index contributed by atoms with van der Waals surface area (Å²) in [4.78, 5) is 12.4. The van der Waals surface area contributed by atoms with E-state index in [1.807, 2.05) is 20.8 Å². The average molecular weight is 309 g/mol.